The number of thiol groups is 1. The number of amides is 2. The van der Waals surface area contributed by atoms with Crippen molar-refractivity contribution in [3.05, 3.63) is 0 Å². The highest BCUT2D eigenvalue weighted by atomic mass is 32.1. The molecule has 0 aromatic rings. The molecule has 0 saturated carbocycles. The summed E-state index contributed by atoms with van der Waals surface area (Å²) in [4.78, 5) is 33.1. The van der Waals surface area contributed by atoms with Crippen LogP contribution in [0.1, 0.15) is 26.2 Å². The molecule has 0 aliphatic carbocycles. The monoisotopic (exact) mass is 262 g/mol. The molecule has 0 aromatic carbocycles. The molecule has 17 heavy (non-hydrogen) atoms. The van der Waals surface area contributed by atoms with E-state index in [-0.39, 0.29) is 11.7 Å². The van der Waals surface area contributed by atoms with Crippen LogP contribution in [0.3, 0.4) is 0 Å². The van der Waals surface area contributed by atoms with Crippen molar-refractivity contribution >= 4 is 30.4 Å². The smallest absolute Gasteiger partial charge is 0.322 e. The van der Waals surface area contributed by atoms with E-state index in [9.17, 15) is 14.4 Å². The molecule has 6 nitrogen and oxygen atoms in total. The van der Waals surface area contributed by atoms with Crippen molar-refractivity contribution in [1.29, 1.82) is 0 Å². The van der Waals surface area contributed by atoms with Gasteiger partial charge in [-0.25, -0.2) is 0 Å². The zero-order valence-corrected chi connectivity index (χ0v) is 10.6. The van der Waals surface area contributed by atoms with Gasteiger partial charge in [-0.15, -0.1) is 0 Å². The Morgan fingerprint density at radius 1 is 1.35 bits per heavy atom. The Labute approximate surface area is 106 Å². The Balaban J connectivity index is 4.08. The summed E-state index contributed by atoms with van der Waals surface area (Å²) in [6.07, 6.45) is 2.00. The van der Waals surface area contributed by atoms with Crippen LogP contribution in [0.15, 0.2) is 0 Å². The van der Waals surface area contributed by atoms with Crippen LogP contribution in [0.5, 0.6) is 0 Å². The van der Waals surface area contributed by atoms with Gasteiger partial charge < -0.3 is 15.7 Å². The van der Waals surface area contributed by atoms with Crippen LogP contribution in [-0.4, -0.2) is 41.2 Å². The number of nitrogens with one attached hydrogen (secondary N) is 2. The lowest BCUT2D eigenvalue weighted by Gasteiger charge is -2.15. The van der Waals surface area contributed by atoms with Gasteiger partial charge in [0, 0.05) is 12.2 Å². The Morgan fingerprint density at radius 2 is 2.00 bits per heavy atom. The average molecular weight is 262 g/mol. The molecule has 2 amide bonds. The maximum Gasteiger partial charge on any atom is 0.322 e. The van der Waals surface area contributed by atoms with E-state index in [1.807, 2.05) is 6.92 Å². The zero-order valence-electron chi connectivity index (χ0n) is 9.73. The van der Waals surface area contributed by atoms with Crippen LogP contribution in [0.2, 0.25) is 0 Å². The third-order valence-electron chi connectivity index (χ3n) is 2.01. The maximum atomic E-state index is 11.4. The third-order valence-corrected chi connectivity index (χ3v) is 2.37. The van der Waals surface area contributed by atoms with Gasteiger partial charge >= 0.3 is 5.97 Å². The average Bonchev–Trinajstić information content (AvgIpc) is 2.30. The molecular weight excluding hydrogens is 244 g/mol. The van der Waals surface area contributed by atoms with Gasteiger partial charge in [0.2, 0.25) is 11.8 Å². The summed E-state index contributed by atoms with van der Waals surface area (Å²) in [6.45, 7) is 1.50. The molecule has 1 atom stereocenters. The number of carboxylic acid groups (broad SMARTS) is 1. The van der Waals surface area contributed by atoms with Crippen LogP contribution < -0.4 is 10.6 Å². The predicted octanol–water partition coefficient (Wildman–Crippen LogP) is -0.208. The van der Waals surface area contributed by atoms with Gasteiger partial charge in [0.25, 0.3) is 0 Å². The molecule has 0 aliphatic heterocycles. The van der Waals surface area contributed by atoms with Crippen LogP contribution in [-0.2, 0) is 14.4 Å². The minimum atomic E-state index is -1.13. The predicted molar refractivity (Wildman–Crippen MR) is 66.0 cm³/mol. The third kappa shape index (κ3) is 7.62. The molecule has 3 N–H and O–H groups in total. The second-order valence-corrected chi connectivity index (χ2v) is 3.88. The van der Waals surface area contributed by atoms with Gasteiger partial charge in [-0.1, -0.05) is 13.3 Å². The van der Waals surface area contributed by atoms with Gasteiger partial charge in [0.05, 0.1) is 0 Å². The molecule has 0 saturated heterocycles. The van der Waals surface area contributed by atoms with Crippen molar-refractivity contribution in [2.24, 2.45) is 0 Å². The highest BCUT2D eigenvalue weighted by molar-refractivity contribution is 7.80. The molecular formula is C10H18N2O4S. The number of carbonyl (C=O) groups excluding carboxylic acids is 2. The van der Waals surface area contributed by atoms with E-state index >= 15 is 0 Å². The van der Waals surface area contributed by atoms with Gasteiger partial charge in [0.15, 0.2) is 0 Å². The quantitative estimate of drug-likeness (QED) is 0.455. The van der Waals surface area contributed by atoms with Crippen molar-refractivity contribution in [3.8, 4) is 0 Å². The number of hydrogen-bond acceptors (Lipinski definition) is 4. The SMILES string of the molecule is CCCCC(=O)NC(CS)C(=O)NCC(=O)O. The summed E-state index contributed by atoms with van der Waals surface area (Å²) in [6, 6.07) is -0.790. The summed E-state index contributed by atoms with van der Waals surface area (Å²) in [5.74, 6) is -1.76. The van der Waals surface area contributed by atoms with Gasteiger partial charge in [0.1, 0.15) is 12.6 Å². The minimum Gasteiger partial charge on any atom is -0.480 e. The normalized spacial score (nSPS) is 11.6. The molecule has 0 bridgehead atoms. The highest BCUT2D eigenvalue weighted by Crippen LogP contribution is 1.96. The molecule has 0 aliphatic rings. The number of rotatable bonds is 8. The number of hydrogen-bond donors (Lipinski definition) is 4. The molecule has 1 unspecified atom stereocenters. The van der Waals surface area contributed by atoms with Crippen LogP contribution in [0.25, 0.3) is 0 Å². The van der Waals surface area contributed by atoms with Crippen molar-refractivity contribution in [3.63, 3.8) is 0 Å². The summed E-state index contributed by atoms with van der Waals surface area (Å²) in [5, 5.41) is 13.1. The first-order valence-electron chi connectivity index (χ1n) is 5.41. The number of carboxylic acids is 1. The van der Waals surface area contributed by atoms with E-state index in [1.165, 1.54) is 0 Å². The molecule has 0 rings (SSSR count). The number of carbonyl (C=O) groups is 3. The van der Waals surface area contributed by atoms with Crippen molar-refractivity contribution in [1.82, 2.24) is 10.6 Å². The minimum absolute atomic E-state index is 0.128. The largest absolute Gasteiger partial charge is 0.480 e. The highest BCUT2D eigenvalue weighted by Gasteiger charge is 2.19. The Hall–Kier alpha value is -1.24. The van der Waals surface area contributed by atoms with E-state index in [0.717, 1.165) is 12.8 Å². The van der Waals surface area contributed by atoms with E-state index in [4.69, 9.17) is 5.11 Å². The lowest BCUT2D eigenvalue weighted by Crippen LogP contribution is -2.48. The Bertz CT molecular complexity index is 283. The van der Waals surface area contributed by atoms with Gasteiger partial charge in [-0.3, -0.25) is 14.4 Å². The Kier molecular flexibility index (Phi) is 8.21. The number of unbranched alkanes of at least 4 members (excludes halogenated alkanes) is 1. The summed E-state index contributed by atoms with van der Waals surface area (Å²) < 4.78 is 0. The van der Waals surface area contributed by atoms with Crippen molar-refractivity contribution < 1.29 is 19.5 Å². The number of aliphatic carboxylic acids is 1. The van der Waals surface area contributed by atoms with Crippen LogP contribution >= 0.6 is 12.6 Å². The van der Waals surface area contributed by atoms with Gasteiger partial charge in [-0.2, -0.15) is 12.6 Å². The molecule has 98 valence electrons. The summed E-state index contributed by atoms with van der Waals surface area (Å²) in [5.41, 5.74) is 0. The molecule has 7 heteroatoms. The van der Waals surface area contributed by atoms with E-state index < -0.39 is 24.5 Å². The second kappa shape index (κ2) is 8.86. The van der Waals surface area contributed by atoms with E-state index in [0.29, 0.717) is 6.42 Å². The molecule has 0 aromatic heterocycles. The van der Waals surface area contributed by atoms with Crippen molar-refractivity contribution in [2.45, 2.75) is 32.2 Å². The van der Waals surface area contributed by atoms with Crippen LogP contribution in [0.4, 0.5) is 0 Å². The molecule has 0 fully saturated rings. The van der Waals surface area contributed by atoms with Crippen molar-refractivity contribution in [2.75, 3.05) is 12.3 Å². The standard InChI is InChI=1S/C10H18N2O4S/c1-2-3-4-8(13)12-7(6-17)10(16)11-5-9(14)15/h7,17H,2-6H2,1H3,(H,11,16)(H,12,13)(H,14,15). The lowest BCUT2D eigenvalue weighted by atomic mass is 10.2. The summed E-state index contributed by atoms with van der Waals surface area (Å²) in [7, 11) is 0. The summed E-state index contributed by atoms with van der Waals surface area (Å²) >= 11 is 3.94. The first-order chi connectivity index (χ1) is 8.01. The van der Waals surface area contributed by atoms with Gasteiger partial charge in [-0.05, 0) is 6.42 Å². The first-order valence-corrected chi connectivity index (χ1v) is 6.04. The van der Waals surface area contributed by atoms with Crippen LogP contribution in [0, 0.1) is 0 Å². The first kappa shape index (κ1) is 15.8. The zero-order chi connectivity index (χ0) is 13.3. The fourth-order valence-corrected chi connectivity index (χ4v) is 1.34. The molecule has 0 radical (unpaired) electrons. The Morgan fingerprint density at radius 3 is 2.47 bits per heavy atom. The molecule has 0 heterocycles. The molecule has 0 spiro atoms. The lowest BCUT2D eigenvalue weighted by molar-refractivity contribution is -0.138. The maximum absolute atomic E-state index is 11.4. The van der Waals surface area contributed by atoms with E-state index in [2.05, 4.69) is 23.3 Å². The topological polar surface area (TPSA) is 95.5 Å². The second-order valence-electron chi connectivity index (χ2n) is 3.52. The fourth-order valence-electron chi connectivity index (χ4n) is 1.08. The fraction of sp³-hybridized carbons (Fsp3) is 0.700. The van der Waals surface area contributed by atoms with E-state index in [1.54, 1.807) is 0 Å².